The number of hydrogen-bond donors (Lipinski definition) is 1. The molecule has 3 rings (SSSR count). The molecule has 1 saturated heterocycles. The van der Waals surface area contributed by atoms with E-state index in [2.05, 4.69) is 46.4 Å². The van der Waals surface area contributed by atoms with Gasteiger partial charge in [0.05, 0.1) is 6.54 Å². The lowest BCUT2D eigenvalue weighted by Gasteiger charge is -2.36. The molecule has 1 atom stereocenters. The fourth-order valence-electron chi connectivity index (χ4n) is 3.07. The van der Waals surface area contributed by atoms with Crippen LogP contribution in [-0.2, 0) is 13.0 Å². The van der Waals surface area contributed by atoms with Gasteiger partial charge in [0.1, 0.15) is 5.82 Å². The summed E-state index contributed by atoms with van der Waals surface area (Å²) < 4.78 is 27.0. The first-order chi connectivity index (χ1) is 11.2. The van der Waals surface area contributed by atoms with Crippen LogP contribution in [0, 0.1) is 0 Å². The van der Waals surface area contributed by atoms with Crippen molar-refractivity contribution in [2.24, 2.45) is 0 Å². The van der Waals surface area contributed by atoms with Gasteiger partial charge < -0.3 is 5.32 Å². The van der Waals surface area contributed by atoms with E-state index in [9.17, 15) is 8.78 Å². The SMILES string of the molecule is CCc1ccc(C2CNCCN2Cc2nccn2C(F)F)cc1.Cl.Cl. The molecule has 0 spiro atoms. The van der Waals surface area contributed by atoms with Crippen LogP contribution in [0.1, 0.15) is 36.5 Å². The van der Waals surface area contributed by atoms with Gasteiger partial charge in [0, 0.05) is 38.1 Å². The third-order valence-corrected chi connectivity index (χ3v) is 4.43. The quantitative estimate of drug-likeness (QED) is 0.838. The molecule has 0 radical (unpaired) electrons. The maximum absolute atomic E-state index is 13.0. The van der Waals surface area contributed by atoms with E-state index in [1.807, 2.05) is 0 Å². The number of imidazole rings is 1. The molecule has 8 heteroatoms. The van der Waals surface area contributed by atoms with Crippen LogP contribution in [0.2, 0.25) is 0 Å². The molecule has 140 valence electrons. The molecule has 2 heterocycles. The molecule has 1 unspecified atom stereocenters. The largest absolute Gasteiger partial charge is 0.319 e. The number of halogens is 4. The first-order valence-corrected chi connectivity index (χ1v) is 8.02. The van der Waals surface area contributed by atoms with Crippen molar-refractivity contribution in [2.45, 2.75) is 32.5 Å². The fourth-order valence-corrected chi connectivity index (χ4v) is 3.07. The van der Waals surface area contributed by atoms with Crippen LogP contribution in [-0.4, -0.2) is 34.1 Å². The summed E-state index contributed by atoms with van der Waals surface area (Å²) in [7, 11) is 0. The standard InChI is InChI=1S/C17H22F2N4.2ClH/c1-2-13-3-5-14(6-4-13)15-11-20-7-9-22(15)12-16-21-8-10-23(16)17(18)19;;/h3-6,8,10,15,17,20H,2,7,9,11-12H2,1H3;2*1H. The number of aromatic nitrogens is 2. The van der Waals surface area contributed by atoms with Crippen molar-refractivity contribution in [3.8, 4) is 0 Å². The van der Waals surface area contributed by atoms with Gasteiger partial charge in [0.15, 0.2) is 0 Å². The molecular formula is C17H24Cl2F2N4. The maximum Gasteiger partial charge on any atom is 0.319 e. The lowest BCUT2D eigenvalue weighted by atomic mass is 10.0. The monoisotopic (exact) mass is 392 g/mol. The van der Waals surface area contributed by atoms with Crippen LogP contribution < -0.4 is 5.32 Å². The number of aryl methyl sites for hydroxylation is 1. The average Bonchev–Trinajstić information content (AvgIpc) is 3.04. The van der Waals surface area contributed by atoms with Gasteiger partial charge in [-0.15, -0.1) is 24.8 Å². The number of alkyl halides is 2. The Morgan fingerprint density at radius 1 is 1.24 bits per heavy atom. The Kier molecular flexibility index (Phi) is 8.79. The Balaban J connectivity index is 0.00000156. The molecule has 0 saturated carbocycles. The summed E-state index contributed by atoms with van der Waals surface area (Å²) in [6.07, 6.45) is 3.79. The first-order valence-electron chi connectivity index (χ1n) is 8.02. The van der Waals surface area contributed by atoms with Crippen LogP contribution in [0.15, 0.2) is 36.7 Å². The molecule has 0 aliphatic carbocycles. The molecule has 1 aliphatic heterocycles. The molecule has 1 fully saturated rings. The van der Waals surface area contributed by atoms with Crippen molar-refractivity contribution < 1.29 is 8.78 Å². The topological polar surface area (TPSA) is 33.1 Å². The minimum Gasteiger partial charge on any atom is -0.314 e. The van der Waals surface area contributed by atoms with E-state index in [4.69, 9.17) is 0 Å². The summed E-state index contributed by atoms with van der Waals surface area (Å²) >= 11 is 0. The highest BCUT2D eigenvalue weighted by Crippen LogP contribution is 2.25. The lowest BCUT2D eigenvalue weighted by molar-refractivity contribution is 0.0605. The number of rotatable bonds is 5. The maximum atomic E-state index is 13.0. The Bertz CT molecular complexity index is 634. The van der Waals surface area contributed by atoms with Crippen molar-refractivity contribution in [1.82, 2.24) is 19.8 Å². The van der Waals surface area contributed by atoms with Gasteiger partial charge >= 0.3 is 6.55 Å². The number of nitrogens with one attached hydrogen (secondary N) is 1. The van der Waals surface area contributed by atoms with Crippen LogP contribution in [0.5, 0.6) is 0 Å². The zero-order valence-corrected chi connectivity index (χ0v) is 15.7. The predicted molar refractivity (Wildman–Crippen MR) is 99.8 cm³/mol. The van der Waals surface area contributed by atoms with Gasteiger partial charge in [-0.2, -0.15) is 8.78 Å². The molecule has 0 bridgehead atoms. The van der Waals surface area contributed by atoms with Gasteiger partial charge in [-0.25, -0.2) is 4.98 Å². The minimum absolute atomic E-state index is 0. The van der Waals surface area contributed by atoms with Crippen molar-refractivity contribution in [2.75, 3.05) is 19.6 Å². The summed E-state index contributed by atoms with van der Waals surface area (Å²) in [6, 6.07) is 8.74. The normalized spacial score (nSPS) is 17.8. The second kappa shape index (κ2) is 10.1. The summed E-state index contributed by atoms with van der Waals surface area (Å²) in [6.45, 7) is 2.51. The van der Waals surface area contributed by atoms with Crippen molar-refractivity contribution >= 4 is 24.8 Å². The van der Waals surface area contributed by atoms with E-state index in [-0.39, 0.29) is 30.9 Å². The van der Waals surface area contributed by atoms with Crippen LogP contribution >= 0.6 is 24.8 Å². The number of piperazine rings is 1. The number of hydrogen-bond acceptors (Lipinski definition) is 3. The fraction of sp³-hybridized carbons (Fsp3) is 0.471. The van der Waals surface area contributed by atoms with E-state index in [0.29, 0.717) is 12.4 Å². The molecule has 0 amide bonds. The van der Waals surface area contributed by atoms with E-state index in [1.165, 1.54) is 23.5 Å². The van der Waals surface area contributed by atoms with Gasteiger partial charge in [-0.3, -0.25) is 9.47 Å². The highest BCUT2D eigenvalue weighted by Gasteiger charge is 2.25. The van der Waals surface area contributed by atoms with E-state index >= 15 is 0 Å². The Labute approximate surface area is 159 Å². The van der Waals surface area contributed by atoms with Crippen molar-refractivity contribution in [3.63, 3.8) is 0 Å². The summed E-state index contributed by atoms with van der Waals surface area (Å²) in [4.78, 5) is 6.33. The number of benzene rings is 1. The molecule has 1 aromatic heterocycles. The van der Waals surface area contributed by atoms with Crippen LogP contribution in [0.3, 0.4) is 0 Å². The predicted octanol–water partition coefficient (Wildman–Crippen LogP) is 3.83. The van der Waals surface area contributed by atoms with E-state index in [1.54, 1.807) is 0 Å². The van der Waals surface area contributed by atoms with E-state index < -0.39 is 6.55 Å². The molecule has 1 N–H and O–H groups in total. The van der Waals surface area contributed by atoms with Crippen molar-refractivity contribution in [3.05, 3.63) is 53.6 Å². The van der Waals surface area contributed by atoms with Gasteiger partial charge in [-0.1, -0.05) is 31.2 Å². The summed E-state index contributed by atoms with van der Waals surface area (Å²) in [5.41, 5.74) is 2.52. The number of nitrogens with zero attached hydrogens (tertiary/aromatic N) is 3. The van der Waals surface area contributed by atoms with Gasteiger partial charge in [-0.05, 0) is 17.5 Å². The average molecular weight is 393 g/mol. The summed E-state index contributed by atoms with van der Waals surface area (Å²) in [5.74, 6) is 0.414. The van der Waals surface area contributed by atoms with Crippen molar-refractivity contribution in [1.29, 1.82) is 0 Å². The highest BCUT2D eigenvalue weighted by molar-refractivity contribution is 5.85. The van der Waals surface area contributed by atoms with Gasteiger partial charge in [0.25, 0.3) is 0 Å². The second-order valence-electron chi connectivity index (χ2n) is 5.81. The third kappa shape index (κ3) is 5.14. The second-order valence-corrected chi connectivity index (χ2v) is 5.81. The molecule has 2 aromatic rings. The van der Waals surface area contributed by atoms with Gasteiger partial charge in [0.2, 0.25) is 0 Å². The Hall–Kier alpha value is -1.21. The summed E-state index contributed by atoms with van der Waals surface area (Å²) in [5, 5.41) is 3.39. The smallest absolute Gasteiger partial charge is 0.314 e. The Morgan fingerprint density at radius 3 is 2.60 bits per heavy atom. The third-order valence-electron chi connectivity index (χ3n) is 4.43. The van der Waals surface area contributed by atoms with Crippen LogP contribution in [0.25, 0.3) is 0 Å². The molecular weight excluding hydrogens is 369 g/mol. The Morgan fingerprint density at radius 2 is 1.96 bits per heavy atom. The first kappa shape index (κ1) is 21.8. The lowest BCUT2D eigenvalue weighted by Crippen LogP contribution is -2.45. The molecule has 25 heavy (non-hydrogen) atoms. The molecule has 1 aromatic carbocycles. The molecule has 4 nitrogen and oxygen atoms in total. The minimum atomic E-state index is -2.54. The zero-order valence-electron chi connectivity index (χ0n) is 14.1. The highest BCUT2D eigenvalue weighted by atomic mass is 35.5. The van der Waals surface area contributed by atoms with Crippen LogP contribution in [0.4, 0.5) is 8.78 Å². The molecule has 1 aliphatic rings. The zero-order chi connectivity index (χ0) is 16.2. The van der Waals surface area contributed by atoms with E-state index in [0.717, 1.165) is 30.6 Å².